The highest BCUT2D eigenvalue weighted by Crippen LogP contribution is 2.30. The first-order valence-corrected chi connectivity index (χ1v) is 8.42. The highest BCUT2D eigenvalue weighted by Gasteiger charge is 2.38. The second-order valence-corrected chi connectivity index (χ2v) is 6.53. The highest BCUT2D eigenvalue weighted by atomic mass is 35.5. The Morgan fingerprint density at radius 2 is 1.90 bits per heavy atom. The van der Waals surface area contributed by atoms with E-state index >= 15 is 0 Å². The molecule has 0 saturated heterocycles. The highest BCUT2D eigenvalue weighted by molar-refractivity contribution is 6.38. The van der Waals surface area contributed by atoms with E-state index < -0.39 is 12.1 Å². The number of hydrogen-bond donors (Lipinski definition) is 4. The molecule has 3 aromatic rings. The quantitative estimate of drug-likeness (QED) is 0.505. The van der Waals surface area contributed by atoms with Gasteiger partial charge in [0.15, 0.2) is 0 Å². The summed E-state index contributed by atoms with van der Waals surface area (Å²) in [4.78, 5) is 26.3. The molecule has 0 radical (unpaired) electrons. The van der Waals surface area contributed by atoms with E-state index in [2.05, 4.69) is 20.5 Å². The minimum Gasteiger partial charge on any atom is -0.475 e. The maximum atomic E-state index is 12.3. The molecule has 8 nitrogen and oxygen atoms in total. The molecule has 0 spiro atoms. The average molecular weight is 432 g/mol. The molecular formula is C17H17ClF3N5O3. The summed E-state index contributed by atoms with van der Waals surface area (Å²) in [6, 6.07) is 7.24. The third-order valence-corrected chi connectivity index (χ3v) is 3.93. The van der Waals surface area contributed by atoms with E-state index in [0.717, 1.165) is 23.1 Å². The van der Waals surface area contributed by atoms with Crippen molar-refractivity contribution in [3.8, 4) is 0 Å². The van der Waals surface area contributed by atoms with E-state index in [1.807, 2.05) is 31.1 Å². The van der Waals surface area contributed by atoms with Crippen molar-refractivity contribution in [3.05, 3.63) is 46.9 Å². The zero-order chi connectivity index (χ0) is 21.8. The van der Waals surface area contributed by atoms with Crippen LogP contribution in [0.25, 0.3) is 10.9 Å². The van der Waals surface area contributed by atoms with Crippen molar-refractivity contribution in [2.45, 2.75) is 12.7 Å². The second-order valence-electron chi connectivity index (χ2n) is 6.15. The number of aromatic amines is 2. The summed E-state index contributed by atoms with van der Waals surface area (Å²) < 4.78 is 31.7. The fraction of sp³-hybridized carbons (Fsp3) is 0.235. The van der Waals surface area contributed by atoms with Gasteiger partial charge in [0.25, 0.3) is 5.91 Å². The van der Waals surface area contributed by atoms with E-state index in [9.17, 15) is 18.0 Å². The Labute approximate surface area is 167 Å². The van der Waals surface area contributed by atoms with Crippen molar-refractivity contribution >= 4 is 40.1 Å². The number of H-pyrrole nitrogens is 2. The summed E-state index contributed by atoms with van der Waals surface area (Å²) >= 11 is 6.30. The van der Waals surface area contributed by atoms with Gasteiger partial charge in [0, 0.05) is 17.6 Å². The first-order chi connectivity index (χ1) is 13.5. The molecule has 156 valence electrons. The number of nitrogens with zero attached hydrogens (tertiary/aromatic N) is 2. The summed E-state index contributed by atoms with van der Waals surface area (Å²) in [7, 11) is 3.95. The van der Waals surface area contributed by atoms with Crippen molar-refractivity contribution in [3.63, 3.8) is 0 Å². The van der Waals surface area contributed by atoms with Crippen LogP contribution in [-0.2, 0) is 11.3 Å². The number of benzene rings is 1. The lowest BCUT2D eigenvalue weighted by molar-refractivity contribution is -0.192. The number of halogens is 4. The smallest absolute Gasteiger partial charge is 0.475 e. The average Bonchev–Trinajstić information content (AvgIpc) is 3.26. The Hall–Kier alpha value is -3.05. The second kappa shape index (κ2) is 8.97. The molecule has 1 amide bonds. The van der Waals surface area contributed by atoms with Gasteiger partial charge in [0.2, 0.25) is 0 Å². The summed E-state index contributed by atoms with van der Waals surface area (Å²) in [5.74, 6) is -2.98. The number of anilines is 1. The maximum Gasteiger partial charge on any atom is 0.490 e. The predicted molar refractivity (Wildman–Crippen MR) is 101 cm³/mol. The number of hydrogen-bond acceptors (Lipinski definition) is 4. The molecule has 0 bridgehead atoms. The molecule has 4 N–H and O–H groups in total. The molecule has 2 aromatic heterocycles. The number of nitrogens with one attached hydrogen (secondary N) is 3. The van der Waals surface area contributed by atoms with E-state index in [0.29, 0.717) is 16.4 Å². The minimum atomic E-state index is -5.08. The van der Waals surface area contributed by atoms with Gasteiger partial charge in [-0.25, -0.2) is 4.79 Å². The Morgan fingerprint density at radius 3 is 2.48 bits per heavy atom. The van der Waals surface area contributed by atoms with Gasteiger partial charge in [-0.2, -0.15) is 18.3 Å². The van der Waals surface area contributed by atoms with E-state index in [-0.39, 0.29) is 5.91 Å². The lowest BCUT2D eigenvalue weighted by Gasteiger charge is -2.08. The van der Waals surface area contributed by atoms with Crippen LogP contribution in [0.15, 0.2) is 30.5 Å². The van der Waals surface area contributed by atoms with Crippen molar-refractivity contribution in [2.24, 2.45) is 0 Å². The standard InChI is InChI=1S/C15H16ClN5O.C2HF3O2/c1-21(2)8-9-3-4-13(18-9)15(22)19-12-6-5-11-10(14(12)16)7-17-20-11;3-2(4,5)1(6)7/h3-7,18H,8H2,1-2H3,(H,17,20)(H,19,22);(H,6,7). The van der Waals surface area contributed by atoms with Crippen molar-refractivity contribution in [1.29, 1.82) is 0 Å². The number of carboxylic acid groups (broad SMARTS) is 1. The van der Waals surface area contributed by atoms with E-state index in [1.165, 1.54) is 0 Å². The van der Waals surface area contributed by atoms with Crippen LogP contribution in [-0.4, -0.2) is 57.3 Å². The largest absolute Gasteiger partial charge is 0.490 e. The van der Waals surface area contributed by atoms with Gasteiger partial charge in [-0.15, -0.1) is 0 Å². The maximum absolute atomic E-state index is 12.3. The van der Waals surface area contributed by atoms with Crippen LogP contribution in [0.3, 0.4) is 0 Å². The number of amides is 1. The van der Waals surface area contributed by atoms with Crippen LogP contribution < -0.4 is 5.32 Å². The molecule has 0 saturated carbocycles. The number of fused-ring (bicyclic) bond motifs is 1. The Balaban J connectivity index is 0.000000370. The summed E-state index contributed by atoms with van der Waals surface area (Å²) in [6.45, 7) is 0.745. The molecule has 12 heteroatoms. The third-order valence-electron chi connectivity index (χ3n) is 3.53. The van der Waals surface area contributed by atoms with Crippen LogP contribution >= 0.6 is 11.6 Å². The zero-order valence-corrected chi connectivity index (χ0v) is 16.0. The number of carboxylic acids is 1. The first kappa shape index (κ1) is 22.2. The number of carbonyl (C=O) groups is 2. The molecule has 1 aromatic carbocycles. The summed E-state index contributed by atoms with van der Waals surface area (Å²) in [5.41, 5.74) is 2.87. The molecular weight excluding hydrogens is 415 g/mol. The fourth-order valence-electron chi connectivity index (χ4n) is 2.27. The van der Waals surface area contributed by atoms with Gasteiger partial charge in [0.1, 0.15) is 5.69 Å². The van der Waals surface area contributed by atoms with Crippen LogP contribution in [0.2, 0.25) is 5.02 Å². The van der Waals surface area contributed by atoms with Crippen LogP contribution in [0.5, 0.6) is 0 Å². The number of aliphatic carboxylic acids is 1. The molecule has 29 heavy (non-hydrogen) atoms. The fourth-order valence-corrected chi connectivity index (χ4v) is 2.54. The number of alkyl halides is 3. The molecule has 2 heterocycles. The number of carbonyl (C=O) groups excluding carboxylic acids is 1. The lowest BCUT2D eigenvalue weighted by atomic mass is 10.2. The summed E-state index contributed by atoms with van der Waals surface area (Å²) in [6.07, 6.45) is -3.45. The normalized spacial score (nSPS) is 11.3. The summed E-state index contributed by atoms with van der Waals surface area (Å²) in [5, 5.41) is 18.0. The molecule has 0 aliphatic carbocycles. The minimum absolute atomic E-state index is 0.227. The number of aromatic nitrogens is 3. The van der Waals surface area contributed by atoms with Crippen LogP contribution in [0.1, 0.15) is 16.2 Å². The molecule has 0 aliphatic rings. The molecule has 0 fully saturated rings. The molecule has 0 atom stereocenters. The van der Waals surface area contributed by atoms with Gasteiger partial charge < -0.3 is 20.3 Å². The zero-order valence-electron chi connectivity index (χ0n) is 15.3. The van der Waals surface area contributed by atoms with E-state index in [1.54, 1.807) is 18.3 Å². The predicted octanol–water partition coefficient (Wildman–Crippen LogP) is 3.49. The Kier molecular flexibility index (Phi) is 6.88. The monoisotopic (exact) mass is 431 g/mol. The number of rotatable bonds is 4. The van der Waals surface area contributed by atoms with Crippen molar-refractivity contribution in [2.75, 3.05) is 19.4 Å². The molecule has 3 rings (SSSR count). The van der Waals surface area contributed by atoms with Gasteiger partial charge in [-0.05, 0) is 38.4 Å². The Bertz CT molecular complexity index is 1010. The van der Waals surface area contributed by atoms with Crippen molar-refractivity contribution < 1.29 is 27.9 Å². The van der Waals surface area contributed by atoms with Gasteiger partial charge >= 0.3 is 12.1 Å². The molecule has 0 unspecified atom stereocenters. The van der Waals surface area contributed by atoms with Gasteiger partial charge in [0.05, 0.1) is 22.4 Å². The Morgan fingerprint density at radius 1 is 1.24 bits per heavy atom. The third kappa shape index (κ3) is 5.96. The van der Waals surface area contributed by atoms with Gasteiger partial charge in [-0.3, -0.25) is 9.89 Å². The van der Waals surface area contributed by atoms with Gasteiger partial charge in [-0.1, -0.05) is 11.6 Å². The lowest BCUT2D eigenvalue weighted by Crippen LogP contribution is -2.21. The topological polar surface area (TPSA) is 114 Å². The first-order valence-electron chi connectivity index (χ1n) is 8.04. The SMILES string of the molecule is CN(C)Cc1ccc(C(=O)Nc2ccc3[nH]ncc3c2Cl)[nH]1.O=C(O)C(F)(F)F. The molecule has 0 aliphatic heterocycles. The van der Waals surface area contributed by atoms with Crippen LogP contribution in [0.4, 0.5) is 18.9 Å². The van der Waals surface area contributed by atoms with Crippen LogP contribution in [0, 0.1) is 0 Å². The van der Waals surface area contributed by atoms with Crippen molar-refractivity contribution in [1.82, 2.24) is 20.1 Å². The van der Waals surface area contributed by atoms with E-state index in [4.69, 9.17) is 21.5 Å².